The number of esters is 1. The van der Waals surface area contributed by atoms with Crippen LogP contribution in [0.5, 0.6) is 11.5 Å². The molecule has 0 aromatic heterocycles. The summed E-state index contributed by atoms with van der Waals surface area (Å²) in [5.41, 5.74) is -0.167. The monoisotopic (exact) mass is 415 g/mol. The molecule has 0 radical (unpaired) electrons. The average molecular weight is 415 g/mol. The van der Waals surface area contributed by atoms with Crippen LogP contribution in [0.15, 0.2) is 48.5 Å². The number of nitrogens with one attached hydrogen (secondary N) is 1. The van der Waals surface area contributed by atoms with E-state index in [1.165, 1.54) is 18.2 Å². The lowest BCUT2D eigenvalue weighted by molar-refractivity contribution is -0.123. The first kappa shape index (κ1) is 21.7. The summed E-state index contributed by atoms with van der Waals surface area (Å²) in [4.78, 5) is 35.5. The molecule has 154 valence electrons. The Hall–Kier alpha value is -3.63. The van der Waals surface area contributed by atoms with Crippen molar-refractivity contribution in [3.63, 3.8) is 0 Å². The highest BCUT2D eigenvalue weighted by Crippen LogP contribution is 2.17. The number of carbonyl (C=O) groups excluding carboxylic acids is 3. The molecule has 0 aliphatic carbocycles. The Morgan fingerprint density at radius 2 is 1.45 bits per heavy atom. The number of ether oxygens (including phenoxy) is 3. The fourth-order valence-corrected chi connectivity index (χ4v) is 2.04. The second-order valence-corrected chi connectivity index (χ2v) is 5.26. The van der Waals surface area contributed by atoms with Gasteiger partial charge in [0.15, 0.2) is 6.61 Å². The molecular formula is C18H13F4NO6. The van der Waals surface area contributed by atoms with Crippen molar-refractivity contribution in [2.45, 2.75) is 13.2 Å². The molecule has 0 fully saturated rings. The van der Waals surface area contributed by atoms with Crippen LogP contribution in [-0.2, 0) is 9.53 Å². The van der Waals surface area contributed by atoms with Crippen molar-refractivity contribution in [2.24, 2.45) is 0 Å². The van der Waals surface area contributed by atoms with Crippen molar-refractivity contribution in [2.75, 3.05) is 6.61 Å². The van der Waals surface area contributed by atoms with Gasteiger partial charge in [-0.15, -0.1) is 0 Å². The van der Waals surface area contributed by atoms with Crippen LogP contribution in [-0.4, -0.2) is 37.6 Å². The number of hydrogen-bond acceptors (Lipinski definition) is 6. The van der Waals surface area contributed by atoms with Gasteiger partial charge in [0.2, 0.25) is 0 Å². The zero-order chi connectivity index (χ0) is 21.4. The molecule has 1 N–H and O–H groups in total. The van der Waals surface area contributed by atoms with Crippen LogP contribution >= 0.6 is 0 Å². The topological polar surface area (TPSA) is 90.9 Å². The summed E-state index contributed by atoms with van der Waals surface area (Å²) in [7, 11) is 0. The van der Waals surface area contributed by atoms with E-state index >= 15 is 0 Å². The van der Waals surface area contributed by atoms with Gasteiger partial charge >= 0.3 is 19.2 Å². The largest absolute Gasteiger partial charge is 0.452 e. The van der Waals surface area contributed by atoms with Crippen molar-refractivity contribution in [3.05, 3.63) is 59.7 Å². The predicted molar refractivity (Wildman–Crippen MR) is 88.9 cm³/mol. The number of rotatable bonds is 8. The van der Waals surface area contributed by atoms with Gasteiger partial charge in [-0.2, -0.15) is 17.6 Å². The third-order valence-electron chi connectivity index (χ3n) is 3.22. The van der Waals surface area contributed by atoms with Crippen molar-refractivity contribution in [1.29, 1.82) is 0 Å². The van der Waals surface area contributed by atoms with Gasteiger partial charge in [0.05, 0.1) is 5.56 Å². The molecule has 0 aliphatic heterocycles. The third kappa shape index (κ3) is 7.13. The molecule has 2 aromatic carbocycles. The Morgan fingerprint density at radius 3 is 2.07 bits per heavy atom. The number of benzene rings is 2. The van der Waals surface area contributed by atoms with Crippen LogP contribution in [0.25, 0.3) is 0 Å². The molecule has 0 spiro atoms. The maximum absolute atomic E-state index is 12.2. The average Bonchev–Trinajstić information content (AvgIpc) is 2.66. The molecule has 29 heavy (non-hydrogen) atoms. The van der Waals surface area contributed by atoms with Gasteiger partial charge in [0.1, 0.15) is 11.5 Å². The lowest BCUT2D eigenvalue weighted by atomic mass is 10.2. The van der Waals surface area contributed by atoms with Crippen LogP contribution in [0.1, 0.15) is 20.7 Å². The van der Waals surface area contributed by atoms with Gasteiger partial charge in [-0.3, -0.25) is 14.9 Å². The summed E-state index contributed by atoms with van der Waals surface area (Å²) in [5, 5.41) is 1.93. The Labute approximate surface area is 161 Å². The minimum Gasteiger partial charge on any atom is -0.452 e. The van der Waals surface area contributed by atoms with E-state index in [0.29, 0.717) is 0 Å². The molecule has 11 heteroatoms. The maximum Gasteiger partial charge on any atom is 0.387 e. The van der Waals surface area contributed by atoms with Gasteiger partial charge in [0.25, 0.3) is 11.8 Å². The van der Waals surface area contributed by atoms with E-state index in [9.17, 15) is 31.9 Å². The first-order valence-corrected chi connectivity index (χ1v) is 7.85. The van der Waals surface area contributed by atoms with Gasteiger partial charge < -0.3 is 14.2 Å². The molecule has 0 saturated carbocycles. The Kier molecular flexibility index (Phi) is 7.52. The SMILES string of the molecule is O=C(COC(=O)c1cccc(OC(F)F)c1)NC(=O)c1ccc(OC(F)F)cc1. The fraction of sp³-hybridized carbons (Fsp3) is 0.167. The molecule has 2 amide bonds. The maximum atomic E-state index is 12.2. The quantitative estimate of drug-likeness (QED) is 0.527. The third-order valence-corrected chi connectivity index (χ3v) is 3.22. The summed E-state index contributed by atoms with van der Waals surface area (Å²) in [5.74, 6) is -3.26. The van der Waals surface area contributed by atoms with Gasteiger partial charge in [-0.1, -0.05) is 6.07 Å². The number of imide groups is 1. The van der Waals surface area contributed by atoms with E-state index in [2.05, 4.69) is 9.47 Å². The molecule has 2 aromatic rings. The number of halogens is 4. The zero-order valence-electron chi connectivity index (χ0n) is 14.4. The highest BCUT2D eigenvalue weighted by atomic mass is 19.3. The van der Waals surface area contributed by atoms with Crippen LogP contribution < -0.4 is 14.8 Å². The molecule has 0 heterocycles. The van der Waals surface area contributed by atoms with Crippen LogP contribution in [0.3, 0.4) is 0 Å². The Balaban J connectivity index is 1.86. The second-order valence-electron chi connectivity index (χ2n) is 5.26. The molecule has 0 saturated heterocycles. The molecule has 7 nitrogen and oxygen atoms in total. The van der Waals surface area contributed by atoms with Crippen molar-refractivity contribution >= 4 is 17.8 Å². The number of carbonyl (C=O) groups is 3. The van der Waals surface area contributed by atoms with Crippen molar-refractivity contribution in [3.8, 4) is 11.5 Å². The molecular weight excluding hydrogens is 402 g/mol. The molecule has 0 aliphatic rings. The molecule has 0 bridgehead atoms. The predicted octanol–water partition coefficient (Wildman–Crippen LogP) is 3.00. The van der Waals surface area contributed by atoms with Gasteiger partial charge in [-0.05, 0) is 42.5 Å². The summed E-state index contributed by atoms with van der Waals surface area (Å²) in [6.45, 7) is -6.92. The van der Waals surface area contributed by atoms with E-state index in [1.54, 1.807) is 0 Å². The van der Waals surface area contributed by atoms with Crippen LogP contribution in [0, 0.1) is 0 Å². The lowest BCUT2D eigenvalue weighted by Crippen LogP contribution is -2.34. The molecule has 0 atom stereocenters. The smallest absolute Gasteiger partial charge is 0.387 e. The standard InChI is InChI=1S/C18H13F4NO6/c19-17(20)28-12-6-4-10(5-7-12)15(25)23-14(24)9-27-16(26)11-2-1-3-13(8-11)29-18(21)22/h1-8,17-18H,9H2,(H,23,24,25). The Bertz CT molecular complexity index is 873. The number of alkyl halides is 4. The first-order valence-electron chi connectivity index (χ1n) is 7.85. The van der Waals surface area contributed by atoms with E-state index in [0.717, 1.165) is 30.3 Å². The van der Waals surface area contributed by atoms with E-state index < -0.39 is 37.6 Å². The number of hydrogen-bond donors (Lipinski definition) is 1. The summed E-state index contributed by atoms with van der Waals surface area (Å²) in [6, 6.07) is 9.26. The Morgan fingerprint density at radius 1 is 0.828 bits per heavy atom. The number of amides is 2. The van der Waals surface area contributed by atoms with Crippen molar-refractivity contribution < 1.29 is 46.2 Å². The summed E-state index contributed by atoms with van der Waals surface area (Å²) < 4.78 is 61.5. The highest BCUT2D eigenvalue weighted by Gasteiger charge is 2.15. The van der Waals surface area contributed by atoms with Gasteiger partial charge in [-0.25, -0.2) is 4.79 Å². The van der Waals surface area contributed by atoms with Crippen LogP contribution in [0.2, 0.25) is 0 Å². The second kappa shape index (κ2) is 10.1. The van der Waals surface area contributed by atoms with Gasteiger partial charge in [0, 0.05) is 5.56 Å². The minimum atomic E-state index is -3.07. The van der Waals surface area contributed by atoms with Crippen LogP contribution in [0.4, 0.5) is 17.6 Å². The van der Waals surface area contributed by atoms with E-state index in [-0.39, 0.29) is 22.6 Å². The van der Waals surface area contributed by atoms with E-state index in [1.807, 2.05) is 5.32 Å². The first-order chi connectivity index (χ1) is 13.7. The highest BCUT2D eigenvalue weighted by molar-refractivity contribution is 6.05. The normalized spacial score (nSPS) is 10.6. The van der Waals surface area contributed by atoms with E-state index in [4.69, 9.17) is 4.74 Å². The zero-order valence-corrected chi connectivity index (χ0v) is 14.4. The minimum absolute atomic E-state index is 0.0249. The summed E-state index contributed by atoms with van der Waals surface area (Å²) >= 11 is 0. The lowest BCUT2D eigenvalue weighted by Gasteiger charge is -2.08. The fourth-order valence-electron chi connectivity index (χ4n) is 2.04. The van der Waals surface area contributed by atoms with Crippen molar-refractivity contribution in [1.82, 2.24) is 5.32 Å². The molecule has 0 unspecified atom stereocenters. The molecule has 2 rings (SSSR count). The summed E-state index contributed by atoms with van der Waals surface area (Å²) in [6.07, 6.45) is 0.